The van der Waals surface area contributed by atoms with Crippen molar-refractivity contribution in [2.75, 3.05) is 13.1 Å². The fraction of sp³-hybridized carbons (Fsp3) is 0.556. The van der Waals surface area contributed by atoms with Crippen molar-refractivity contribution >= 4 is 17.2 Å². The highest BCUT2D eigenvalue weighted by Gasteiger charge is 2.27. The number of amides is 1. The van der Waals surface area contributed by atoms with Crippen molar-refractivity contribution in [3.8, 4) is 0 Å². The van der Waals surface area contributed by atoms with Crippen LogP contribution in [0.1, 0.15) is 12.1 Å². The summed E-state index contributed by atoms with van der Waals surface area (Å²) in [5.41, 5.74) is 2.81. The third kappa shape index (κ3) is 2.10. The van der Waals surface area contributed by atoms with E-state index in [1.165, 1.54) is 0 Å². The van der Waals surface area contributed by atoms with Gasteiger partial charge in [-0.2, -0.15) is 0 Å². The lowest BCUT2D eigenvalue weighted by atomic mass is 10.3. The molecule has 14 heavy (non-hydrogen) atoms. The largest absolute Gasteiger partial charge is 0.391 e. The summed E-state index contributed by atoms with van der Waals surface area (Å²) in [5.74, 6) is 0.0488. The number of hydrogen-bond acceptors (Lipinski definition) is 4. The van der Waals surface area contributed by atoms with E-state index in [2.05, 4.69) is 4.98 Å². The highest BCUT2D eigenvalue weighted by atomic mass is 32.1. The second-order valence-corrected chi connectivity index (χ2v) is 4.15. The maximum atomic E-state index is 11.3. The molecule has 1 amide bonds. The van der Waals surface area contributed by atoms with Gasteiger partial charge in [-0.15, -0.1) is 11.3 Å². The first-order chi connectivity index (χ1) is 6.75. The van der Waals surface area contributed by atoms with Crippen LogP contribution in [0.3, 0.4) is 0 Å². The molecule has 1 aromatic rings. The van der Waals surface area contributed by atoms with Crippen LogP contribution in [0.15, 0.2) is 10.9 Å². The van der Waals surface area contributed by atoms with E-state index in [0.29, 0.717) is 13.1 Å². The van der Waals surface area contributed by atoms with Crippen molar-refractivity contribution in [2.45, 2.75) is 18.9 Å². The lowest BCUT2D eigenvalue weighted by Gasteiger charge is -2.14. The topological polar surface area (TPSA) is 53.4 Å². The van der Waals surface area contributed by atoms with Crippen LogP contribution in [0, 0.1) is 0 Å². The number of thiazole rings is 1. The smallest absolute Gasteiger partial charge is 0.225 e. The van der Waals surface area contributed by atoms with E-state index in [1.807, 2.05) is 5.38 Å². The quantitative estimate of drug-likeness (QED) is 0.783. The molecule has 1 aliphatic rings. The molecule has 0 aliphatic carbocycles. The van der Waals surface area contributed by atoms with Crippen LogP contribution >= 0.6 is 11.3 Å². The zero-order valence-electron chi connectivity index (χ0n) is 7.72. The van der Waals surface area contributed by atoms with Crippen molar-refractivity contribution in [3.05, 3.63) is 16.6 Å². The number of aromatic nitrogens is 1. The maximum absolute atomic E-state index is 11.3. The molecule has 0 bridgehead atoms. The highest BCUT2D eigenvalue weighted by molar-refractivity contribution is 7.07. The summed E-state index contributed by atoms with van der Waals surface area (Å²) in [6.45, 7) is 1.14. The molecule has 2 heterocycles. The zero-order chi connectivity index (χ0) is 9.97. The van der Waals surface area contributed by atoms with E-state index in [0.717, 1.165) is 12.1 Å². The first-order valence-electron chi connectivity index (χ1n) is 4.58. The summed E-state index contributed by atoms with van der Waals surface area (Å²) in [5, 5.41) is 11.2. The SMILES string of the molecule is O=C1CC(O)CN1CCc1cscn1. The molecular formula is C9H12N2O2S. The van der Waals surface area contributed by atoms with Gasteiger partial charge in [0.25, 0.3) is 0 Å². The Hall–Kier alpha value is -0.940. The van der Waals surface area contributed by atoms with Gasteiger partial charge in [-0.3, -0.25) is 4.79 Å². The predicted molar refractivity (Wildman–Crippen MR) is 53.0 cm³/mol. The number of aliphatic hydroxyl groups excluding tert-OH is 1. The number of β-amino-alcohol motifs (C(OH)–C–C–N with tert-alkyl or cyclic N) is 1. The Kier molecular flexibility index (Phi) is 2.79. The fourth-order valence-corrected chi connectivity index (χ4v) is 2.17. The van der Waals surface area contributed by atoms with Gasteiger partial charge in [-0.1, -0.05) is 0 Å². The number of nitrogens with zero attached hydrogens (tertiary/aromatic N) is 2. The van der Waals surface area contributed by atoms with Crippen LogP contribution < -0.4 is 0 Å². The number of likely N-dealkylation sites (tertiary alicyclic amines) is 1. The standard InChI is InChI=1S/C9H12N2O2S/c12-8-3-9(13)11(4-8)2-1-7-5-14-6-10-7/h5-6,8,12H,1-4H2. The van der Waals surface area contributed by atoms with Gasteiger partial charge in [0.1, 0.15) is 0 Å². The lowest BCUT2D eigenvalue weighted by molar-refractivity contribution is -0.127. The van der Waals surface area contributed by atoms with Crippen LogP contribution in [0.5, 0.6) is 0 Å². The Labute approximate surface area is 86.2 Å². The Morgan fingerprint density at radius 2 is 2.57 bits per heavy atom. The summed E-state index contributed by atoms with van der Waals surface area (Å²) >= 11 is 1.56. The highest BCUT2D eigenvalue weighted by Crippen LogP contribution is 2.11. The molecule has 1 fully saturated rings. The van der Waals surface area contributed by atoms with Crippen LogP contribution in [0.25, 0.3) is 0 Å². The van der Waals surface area contributed by atoms with Gasteiger partial charge in [0.05, 0.1) is 23.7 Å². The van der Waals surface area contributed by atoms with E-state index in [9.17, 15) is 9.90 Å². The van der Waals surface area contributed by atoms with Gasteiger partial charge in [0, 0.05) is 24.9 Å². The molecule has 1 aromatic heterocycles. The van der Waals surface area contributed by atoms with Gasteiger partial charge in [-0.25, -0.2) is 4.98 Å². The van der Waals surface area contributed by atoms with Gasteiger partial charge in [0.2, 0.25) is 5.91 Å². The van der Waals surface area contributed by atoms with Gasteiger partial charge in [0.15, 0.2) is 0 Å². The number of carbonyl (C=O) groups is 1. The molecule has 0 saturated carbocycles. The van der Waals surface area contributed by atoms with Crippen LogP contribution in [-0.4, -0.2) is 40.1 Å². The van der Waals surface area contributed by atoms with E-state index >= 15 is 0 Å². The number of aliphatic hydroxyl groups is 1. The fourth-order valence-electron chi connectivity index (χ4n) is 1.58. The molecule has 76 valence electrons. The Balaban J connectivity index is 1.84. The number of hydrogen-bond donors (Lipinski definition) is 1. The molecule has 4 nitrogen and oxygen atoms in total. The Bertz CT molecular complexity index is 313. The maximum Gasteiger partial charge on any atom is 0.225 e. The van der Waals surface area contributed by atoms with Gasteiger partial charge in [-0.05, 0) is 0 Å². The monoisotopic (exact) mass is 212 g/mol. The van der Waals surface area contributed by atoms with Gasteiger partial charge >= 0.3 is 0 Å². The van der Waals surface area contributed by atoms with Crippen molar-refractivity contribution in [3.63, 3.8) is 0 Å². The van der Waals surface area contributed by atoms with Gasteiger partial charge < -0.3 is 10.0 Å². The molecular weight excluding hydrogens is 200 g/mol. The average molecular weight is 212 g/mol. The molecule has 5 heteroatoms. The van der Waals surface area contributed by atoms with E-state index < -0.39 is 6.10 Å². The normalized spacial score (nSPS) is 21.9. The predicted octanol–water partition coefficient (Wildman–Crippen LogP) is 0.279. The average Bonchev–Trinajstić information content (AvgIpc) is 2.72. The summed E-state index contributed by atoms with van der Waals surface area (Å²) in [6, 6.07) is 0. The minimum Gasteiger partial charge on any atom is -0.391 e. The molecule has 2 rings (SSSR count). The minimum absolute atomic E-state index is 0.0488. The molecule has 1 unspecified atom stereocenters. The third-order valence-electron chi connectivity index (χ3n) is 2.32. The first kappa shape index (κ1) is 9.61. The molecule has 0 spiro atoms. The number of rotatable bonds is 3. The second kappa shape index (κ2) is 4.06. The Morgan fingerprint density at radius 3 is 3.14 bits per heavy atom. The summed E-state index contributed by atoms with van der Waals surface area (Å²) in [7, 11) is 0. The molecule has 1 N–H and O–H groups in total. The van der Waals surface area contributed by atoms with Crippen molar-refractivity contribution < 1.29 is 9.90 Å². The van der Waals surface area contributed by atoms with E-state index in [1.54, 1.807) is 21.7 Å². The molecule has 1 saturated heterocycles. The molecule has 1 aliphatic heterocycles. The summed E-state index contributed by atoms with van der Waals surface area (Å²) < 4.78 is 0. The third-order valence-corrected chi connectivity index (χ3v) is 2.95. The first-order valence-corrected chi connectivity index (χ1v) is 5.53. The van der Waals surface area contributed by atoms with Crippen LogP contribution in [-0.2, 0) is 11.2 Å². The second-order valence-electron chi connectivity index (χ2n) is 3.43. The minimum atomic E-state index is -0.474. The van der Waals surface area contributed by atoms with E-state index in [-0.39, 0.29) is 12.3 Å². The zero-order valence-corrected chi connectivity index (χ0v) is 8.54. The van der Waals surface area contributed by atoms with Crippen LogP contribution in [0.2, 0.25) is 0 Å². The van der Waals surface area contributed by atoms with Crippen LogP contribution in [0.4, 0.5) is 0 Å². The molecule has 0 aromatic carbocycles. The number of carbonyl (C=O) groups excluding carboxylic acids is 1. The molecule has 0 radical (unpaired) electrons. The molecule has 1 atom stereocenters. The lowest BCUT2D eigenvalue weighted by Crippen LogP contribution is -2.28. The van der Waals surface area contributed by atoms with E-state index in [4.69, 9.17) is 0 Å². The Morgan fingerprint density at radius 1 is 1.71 bits per heavy atom. The van der Waals surface area contributed by atoms with Crippen molar-refractivity contribution in [1.82, 2.24) is 9.88 Å². The summed E-state index contributed by atoms with van der Waals surface area (Å²) in [4.78, 5) is 17.1. The van der Waals surface area contributed by atoms with Crippen molar-refractivity contribution in [2.24, 2.45) is 0 Å². The summed E-state index contributed by atoms with van der Waals surface area (Å²) in [6.07, 6.45) is 0.580. The van der Waals surface area contributed by atoms with Crippen molar-refractivity contribution in [1.29, 1.82) is 0 Å².